The molecule has 11 heteroatoms. The fourth-order valence-corrected chi connectivity index (χ4v) is 4.72. The fourth-order valence-electron chi connectivity index (χ4n) is 3.57. The van der Waals surface area contributed by atoms with Crippen molar-refractivity contribution >= 4 is 18.8 Å². The minimum Gasteiger partial charge on any atom is -0.778 e. The van der Waals surface area contributed by atoms with E-state index in [2.05, 4.69) is 4.98 Å². The van der Waals surface area contributed by atoms with Crippen molar-refractivity contribution in [2.75, 3.05) is 19.4 Å². The molecule has 0 saturated carbocycles. The summed E-state index contributed by atoms with van der Waals surface area (Å²) in [5, 5.41) is 0. The predicted molar refractivity (Wildman–Crippen MR) is 123 cm³/mol. The summed E-state index contributed by atoms with van der Waals surface area (Å²) >= 11 is 0. The van der Waals surface area contributed by atoms with E-state index in [1.165, 1.54) is 10.9 Å². The van der Waals surface area contributed by atoms with Gasteiger partial charge in [-0.3, -0.25) is 13.9 Å². The first-order valence-corrected chi connectivity index (χ1v) is 12.8. The zero-order chi connectivity index (χ0) is 23.8. The molecule has 0 bridgehead atoms. The van der Waals surface area contributed by atoms with Gasteiger partial charge in [-0.05, 0) is 38.2 Å². The van der Waals surface area contributed by atoms with Crippen LogP contribution in [-0.2, 0) is 40.6 Å². The number of hydrogen-bond acceptors (Lipinski definition) is 7. The second kappa shape index (κ2) is 11.6. The molecule has 0 aliphatic rings. The largest absolute Gasteiger partial charge is 0.778 e. The molecule has 0 spiro atoms. The van der Waals surface area contributed by atoms with E-state index in [9.17, 15) is 19.0 Å². The first-order chi connectivity index (χ1) is 15.8. The van der Waals surface area contributed by atoms with Crippen molar-refractivity contribution in [3.05, 3.63) is 63.1 Å². The van der Waals surface area contributed by atoms with Gasteiger partial charge in [-0.2, -0.15) is 0 Å². The maximum atomic E-state index is 12.9. The number of ether oxygens (including phenoxy) is 1. The van der Waals surface area contributed by atoms with Crippen LogP contribution in [0.15, 0.2) is 46.2 Å². The van der Waals surface area contributed by atoms with Crippen LogP contribution in [0.1, 0.15) is 31.7 Å². The molecule has 2 aromatic heterocycles. The van der Waals surface area contributed by atoms with Crippen molar-refractivity contribution in [2.45, 2.75) is 45.9 Å². The number of benzene rings is 1. The third kappa shape index (κ3) is 6.51. The number of aromatic nitrogens is 4. The Kier molecular flexibility index (Phi) is 8.80. The normalized spacial score (nSPS) is 13.4. The summed E-state index contributed by atoms with van der Waals surface area (Å²) < 4.78 is 26.6. The summed E-state index contributed by atoms with van der Waals surface area (Å²) in [7, 11) is -2.42. The molecule has 33 heavy (non-hydrogen) atoms. The Hall–Kier alpha value is -2.52. The van der Waals surface area contributed by atoms with Gasteiger partial charge in [0.05, 0.1) is 12.9 Å². The Morgan fingerprint density at radius 3 is 2.61 bits per heavy atom. The van der Waals surface area contributed by atoms with Gasteiger partial charge in [0.2, 0.25) is 0 Å². The Bertz CT molecular complexity index is 1220. The number of fused-ring (bicyclic) bond motifs is 1. The van der Waals surface area contributed by atoms with Crippen LogP contribution < -0.4 is 16.1 Å². The molecule has 10 nitrogen and oxygen atoms in total. The molecule has 1 aromatic carbocycles. The van der Waals surface area contributed by atoms with Gasteiger partial charge in [-0.15, -0.1) is 0 Å². The molecule has 1 atom stereocenters. The SMILES string of the molecule is CCOCn1cnc2c1c(=O)n(CCCCP(=O)([O-])OCCCc1ccccc1)c(=O)n2C. The zero-order valence-electron chi connectivity index (χ0n) is 19.0. The highest BCUT2D eigenvalue weighted by atomic mass is 31.2. The summed E-state index contributed by atoms with van der Waals surface area (Å²) in [4.78, 5) is 41.9. The van der Waals surface area contributed by atoms with Crippen LogP contribution in [-0.4, -0.2) is 38.1 Å². The number of unbranched alkanes of at least 4 members (excludes halogenated alkanes) is 1. The molecule has 0 aliphatic carbocycles. The molecule has 0 saturated heterocycles. The molecule has 2 heterocycles. The van der Waals surface area contributed by atoms with E-state index in [1.807, 2.05) is 37.3 Å². The molecule has 0 radical (unpaired) electrons. The number of imidazole rings is 1. The Morgan fingerprint density at radius 2 is 1.88 bits per heavy atom. The van der Waals surface area contributed by atoms with Gasteiger partial charge in [0.15, 0.2) is 11.2 Å². The van der Waals surface area contributed by atoms with E-state index in [0.717, 1.165) is 16.6 Å². The first-order valence-electron chi connectivity index (χ1n) is 11.0. The van der Waals surface area contributed by atoms with E-state index in [-0.39, 0.29) is 43.6 Å². The van der Waals surface area contributed by atoms with Crippen LogP contribution in [0.2, 0.25) is 0 Å². The van der Waals surface area contributed by atoms with Gasteiger partial charge in [-0.25, -0.2) is 9.78 Å². The maximum Gasteiger partial charge on any atom is 0.332 e. The van der Waals surface area contributed by atoms with Gasteiger partial charge in [0, 0.05) is 26.4 Å². The molecule has 0 fully saturated rings. The molecule has 0 aliphatic heterocycles. The van der Waals surface area contributed by atoms with E-state index in [4.69, 9.17) is 9.26 Å². The van der Waals surface area contributed by atoms with Crippen LogP contribution >= 0.6 is 7.60 Å². The van der Waals surface area contributed by atoms with E-state index >= 15 is 0 Å². The van der Waals surface area contributed by atoms with Gasteiger partial charge < -0.3 is 23.3 Å². The van der Waals surface area contributed by atoms with Crippen molar-refractivity contribution in [3.63, 3.8) is 0 Å². The van der Waals surface area contributed by atoms with Crippen LogP contribution in [0.25, 0.3) is 11.2 Å². The summed E-state index contributed by atoms with van der Waals surface area (Å²) in [5.74, 6) is 0. The summed E-state index contributed by atoms with van der Waals surface area (Å²) in [6.07, 6.45) is 3.31. The van der Waals surface area contributed by atoms with Crippen molar-refractivity contribution in [2.24, 2.45) is 7.05 Å². The summed E-state index contributed by atoms with van der Waals surface area (Å²) in [6.45, 7) is 2.71. The average Bonchev–Trinajstić information content (AvgIpc) is 3.23. The molecule has 0 N–H and O–H groups in total. The number of rotatable bonds is 13. The highest BCUT2D eigenvalue weighted by Gasteiger charge is 2.16. The lowest BCUT2D eigenvalue weighted by atomic mass is 10.1. The van der Waals surface area contributed by atoms with Crippen LogP contribution in [0.3, 0.4) is 0 Å². The fraction of sp³-hybridized carbons (Fsp3) is 0.500. The number of nitrogens with zero attached hydrogens (tertiary/aromatic N) is 4. The second-order valence-corrected chi connectivity index (χ2v) is 9.70. The molecular formula is C22H30N4O6P-. The van der Waals surface area contributed by atoms with E-state index in [1.54, 1.807) is 11.6 Å². The van der Waals surface area contributed by atoms with E-state index < -0.39 is 18.8 Å². The maximum absolute atomic E-state index is 12.9. The minimum absolute atomic E-state index is 0.106. The Labute approximate surface area is 191 Å². The van der Waals surface area contributed by atoms with Gasteiger partial charge in [-0.1, -0.05) is 30.3 Å². The highest BCUT2D eigenvalue weighted by Crippen LogP contribution is 2.38. The number of hydrogen-bond donors (Lipinski definition) is 0. The van der Waals surface area contributed by atoms with Crippen molar-refractivity contribution in [1.82, 2.24) is 18.7 Å². The Morgan fingerprint density at radius 1 is 1.12 bits per heavy atom. The third-order valence-electron chi connectivity index (χ3n) is 5.34. The minimum atomic E-state index is -3.97. The summed E-state index contributed by atoms with van der Waals surface area (Å²) in [6, 6.07) is 9.80. The third-order valence-corrected chi connectivity index (χ3v) is 6.78. The van der Waals surface area contributed by atoms with Crippen molar-refractivity contribution in [1.29, 1.82) is 0 Å². The standard InChI is InChI=1S/C22H31N4O6P/c1-3-31-17-25-16-23-20-19(25)21(27)26(22(28)24(20)2)13-7-8-15-33(29,30)32-14-9-12-18-10-5-4-6-11-18/h4-6,10-11,16H,3,7-9,12-15,17H2,1-2H3,(H,29,30)/p-1. The molecular weight excluding hydrogens is 447 g/mol. The lowest BCUT2D eigenvalue weighted by molar-refractivity contribution is -0.198. The lowest BCUT2D eigenvalue weighted by Crippen LogP contribution is -2.39. The van der Waals surface area contributed by atoms with Gasteiger partial charge >= 0.3 is 5.69 Å². The molecule has 3 aromatic rings. The predicted octanol–water partition coefficient (Wildman–Crippen LogP) is 1.87. The Balaban J connectivity index is 1.54. The summed E-state index contributed by atoms with van der Waals surface area (Å²) in [5.41, 5.74) is 0.744. The quantitative estimate of drug-likeness (QED) is 0.272. The topological polar surface area (TPSA) is 120 Å². The lowest BCUT2D eigenvalue weighted by Gasteiger charge is -2.23. The highest BCUT2D eigenvalue weighted by molar-refractivity contribution is 7.51. The van der Waals surface area contributed by atoms with Gasteiger partial charge in [0.1, 0.15) is 14.3 Å². The molecule has 180 valence electrons. The second-order valence-electron chi connectivity index (χ2n) is 7.77. The average molecular weight is 477 g/mol. The van der Waals surface area contributed by atoms with Crippen LogP contribution in [0.5, 0.6) is 0 Å². The molecule has 1 unspecified atom stereocenters. The smallest absolute Gasteiger partial charge is 0.332 e. The molecule has 0 amide bonds. The van der Waals surface area contributed by atoms with Crippen LogP contribution in [0.4, 0.5) is 0 Å². The zero-order valence-corrected chi connectivity index (χ0v) is 19.9. The van der Waals surface area contributed by atoms with Crippen LogP contribution in [0, 0.1) is 0 Å². The van der Waals surface area contributed by atoms with E-state index in [0.29, 0.717) is 19.4 Å². The first kappa shape index (κ1) is 25.1. The van der Waals surface area contributed by atoms with Crippen molar-refractivity contribution in [3.8, 4) is 0 Å². The monoisotopic (exact) mass is 477 g/mol. The van der Waals surface area contributed by atoms with Crippen molar-refractivity contribution < 1.29 is 18.7 Å². The number of aryl methyl sites for hydroxylation is 2. The van der Waals surface area contributed by atoms with Gasteiger partial charge in [0.25, 0.3) is 5.56 Å². The molecule has 3 rings (SSSR count).